The summed E-state index contributed by atoms with van der Waals surface area (Å²) < 4.78 is 16.9. The second kappa shape index (κ2) is 8.89. The summed E-state index contributed by atoms with van der Waals surface area (Å²) >= 11 is 6.52. The number of carboxylic acids is 1. The highest BCUT2D eigenvalue weighted by Gasteiger charge is 2.33. The van der Waals surface area contributed by atoms with Gasteiger partial charge in [-0.1, -0.05) is 24.0 Å². The summed E-state index contributed by atoms with van der Waals surface area (Å²) in [6.45, 7) is 0. The Balaban J connectivity index is 1.58. The van der Waals surface area contributed by atoms with Gasteiger partial charge >= 0.3 is 5.97 Å². The van der Waals surface area contributed by atoms with Gasteiger partial charge in [-0.3, -0.25) is 9.69 Å². The Kier molecular flexibility index (Phi) is 6.02. The van der Waals surface area contributed by atoms with Gasteiger partial charge in [-0.05, 0) is 54.6 Å². The third-order valence-electron chi connectivity index (χ3n) is 4.73. The van der Waals surface area contributed by atoms with Crippen molar-refractivity contribution in [2.75, 3.05) is 19.1 Å². The Labute approximate surface area is 193 Å². The molecule has 9 heteroatoms. The van der Waals surface area contributed by atoms with E-state index in [-0.39, 0.29) is 11.5 Å². The maximum atomic E-state index is 12.9. The van der Waals surface area contributed by atoms with Crippen molar-refractivity contribution in [2.45, 2.75) is 0 Å². The van der Waals surface area contributed by atoms with Crippen LogP contribution in [0.3, 0.4) is 0 Å². The number of thioether (sulfide) groups is 1. The van der Waals surface area contributed by atoms with Crippen LogP contribution in [-0.2, 0) is 4.79 Å². The lowest BCUT2D eigenvalue weighted by molar-refractivity contribution is -0.113. The summed E-state index contributed by atoms with van der Waals surface area (Å²) in [4.78, 5) is 25.8. The van der Waals surface area contributed by atoms with Gasteiger partial charge in [0.25, 0.3) is 5.91 Å². The highest BCUT2D eigenvalue weighted by Crippen LogP contribution is 2.37. The quantitative estimate of drug-likeness (QED) is 0.397. The molecule has 0 saturated carbocycles. The Morgan fingerprint density at radius 2 is 1.78 bits per heavy atom. The number of hydrogen-bond donors (Lipinski definition) is 1. The number of anilines is 1. The van der Waals surface area contributed by atoms with Crippen molar-refractivity contribution >= 4 is 51.9 Å². The summed E-state index contributed by atoms with van der Waals surface area (Å²) in [5.74, 6) is 0.964. The Morgan fingerprint density at radius 1 is 1.06 bits per heavy atom. The summed E-state index contributed by atoms with van der Waals surface area (Å²) in [5.41, 5.74) is 1.44. The number of rotatable bonds is 6. The number of carbonyl (C=O) groups excluding carboxylic acids is 1. The highest BCUT2D eigenvalue weighted by atomic mass is 32.2. The van der Waals surface area contributed by atoms with Gasteiger partial charge in [-0.15, -0.1) is 0 Å². The van der Waals surface area contributed by atoms with E-state index in [2.05, 4.69) is 0 Å². The number of methoxy groups -OCH3 is 2. The van der Waals surface area contributed by atoms with Crippen LogP contribution in [0.1, 0.15) is 16.1 Å². The second-order valence-corrected chi connectivity index (χ2v) is 8.32. The van der Waals surface area contributed by atoms with Gasteiger partial charge in [0.15, 0.2) is 15.8 Å². The lowest BCUT2D eigenvalue weighted by Crippen LogP contribution is -2.27. The summed E-state index contributed by atoms with van der Waals surface area (Å²) in [7, 11) is 3.13. The summed E-state index contributed by atoms with van der Waals surface area (Å²) in [6, 6.07) is 15.0. The molecule has 1 aliphatic heterocycles. The molecular formula is C23H17NO6S2. The van der Waals surface area contributed by atoms with Crippen LogP contribution < -0.4 is 14.4 Å². The molecule has 2 heterocycles. The van der Waals surface area contributed by atoms with Gasteiger partial charge in [-0.25, -0.2) is 4.79 Å². The van der Waals surface area contributed by atoms with Gasteiger partial charge in [0, 0.05) is 11.6 Å². The Hall–Kier alpha value is -3.56. The van der Waals surface area contributed by atoms with Crippen LogP contribution in [0.25, 0.3) is 17.4 Å². The van der Waals surface area contributed by atoms with Gasteiger partial charge in [0.1, 0.15) is 11.5 Å². The maximum absolute atomic E-state index is 12.9. The lowest BCUT2D eigenvalue weighted by atomic mass is 10.1. The molecule has 1 aliphatic rings. The number of carboxylic acid groups (broad SMARTS) is 1. The third-order valence-corrected chi connectivity index (χ3v) is 6.04. The number of amides is 1. The maximum Gasteiger partial charge on any atom is 0.335 e. The van der Waals surface area contributed by atoms with E-state index < -0.39 is 5.97 Å². The van der Waals surface area contributed by atoms with Crippen LogP contribution >= 0.6 is 24.0 Å². The average molecular weight is 468 g/mol. The van der Waals surface area contributed by atoms with E-state index in [1.165, 1.54) is 17.0 Å². The first-order valence-corrected chi connectivity index (χ1v) is 10.6. The van der Waals surface area contributed by atoms with Gasteiger partial charge in [0.2, 0.25) is 0 Å². The lowest BCUT2D eigenvalue weighted by Gasteiger charge is -2.14. The van der Waals surface area contributed by atoms with Crippen LogP contribution in [0.4, 0.5) is 5.69 Å². The van der Waals surface area contributed by atoms with Crippen molar-refractivity contribution in [3.05, 3.63) is 70.8 Å². The average Bonchev–Trinajstić information content (AvgIpc) is 3.37. The normalized spacial score (nSPS) is 14.8. The topological polar surface area (TPSA) is 89.2 Å². The van der Waals surface area contributed by atoms with Crippen molar-refractivity contribution in [2.24, 2.45) is 0 Å². The van der Waals surface area contributed by atoms with Crippen molar-refractivity contribution in [1.82, 2.24) is 0 Å². The van der Waals surface area contributed by atoms with Crippen LogP contribution in [0, 0.1) is 0 Å². The zero-order valence-corrected chi connectivity index (χ0v) is 18.7. The Morgan fingerprint density at radius 3 is 2.44 bits per heavy atom. The summed E-state index contributed by atoms with van der Waals surface area (Å²) in [6.07, 6.45) is 1.63. The zero-order valence-electron chi connectivity index (χ0n) is 17.0. The van der Waals surface area contributed by atoms with Crippen molar-refractivity contribution in [3.63, 3.8) is 0 Å². The number of thiocarbonyl (C=S) groups is 1. The molecule has 0 spiro atoms. The predicted octanol–water partition coefficient (Wildman–Crippen LogP) is 5.07. The number of aromatic carboxylic acids is 1. The molecule has 1 saturated heterocycles. The number of ether oxygens (including phenoxy) is 2. The second-order valence-electron chi connectivity index (χ2n) is 6.64. The number of carbonyl (C=O) groups is 2. The predicted molar refractivity (Wildman–Crippen MR) is 126 cm³/mol. The molecular weight excluding hydrogens is 450 g/mol. The van der Waals surface area contributed by atoms with E-state index >= 15 is 0 Å². The van der Waals surface area contributed by atoms with Crippen LogP contribution in [0.15, 0.2) is 63.9 Å². The van der Waals surface area contributed by atoms with Crippen LogP contribution in [-0.4, -0.2) is 35.5 Å². The number of benzene rings is 2. The first kappa shape index (κ1) is 21.7. The molecule has 7 nitrogen and oxygen atoms in total. The molecule has 162 valence electrons. The van der Waals surface area contributed by atoms with Crippen LogP contribution in [0.5, 0.6) is 11.5 Å². The van der Waals surface area contributed by atoms with Crippen molar-refractivity contribution < 1.29 is 28.6 Å². The number of furan rings is 1. The molecule has 1 aromatic heterocycles. The Bertz CT molecular complexity index is 1250. The van der Waals surface area contributed by atoms with E-state index in [4.69, 9.17) is 31.2 Å². The molecule has 1 N–H and O–H groups in total. The minimum atomic E-state index is -1.04. The number of hydrogen-bond acceptors (Lipinski definition) is 7. The van der Waals surface area contributed by atoms with E-state index in [9.17, 15) is 9.59 Å². The SMILES string of the molecule is COc1ccc(-c2ccc(/C=C3/SC(=S)N(c4ccc(C(=O)O)cc4)C3=O)o2)cc1OC. The van der Waals surface area contributed by atoms with E-state index in [1.54, 1.807) is 50.6 Å². The molecule has 3 aromatic rings. The van der Waals surface area contributed by atoms with Gasteiger partial charge in [-0.2, -0.15) is 0 Å². The fraction of sp³-hybridized carbons (Fsp3) is 0.0870. The smallest absolute Gasteiger partial charge is 0.335 e. The molecule has 32 heavy (non-hydrogen) atoms. The highest BCUT2D eigenvalue weighted by molar-refractivity contribution is 8.27. The first-order chi connectivity index (χ1) is 15.4. The van der Waals surface area contributed by atoms with Gasteiger partial charge in [0.05, 0.1) is 30.4 Å². The molecule has 0 atom stereocenters. The van der Waals surface area contributed by atoms with E-state index in [0.29, 0.717) is 37.9 Å². The standard InChI is InChI=1S/C23H17NO6S2/c1-28-18-9-5-14(11-19(18)29-2)17-10-8-16(30-17)12-20-21(25)24(23(31)32-20)15-6-3-13(4-7-15)22(26)27/h3-12H,1-2H3,(H,26,27)/b20-12+. The minimum Gasteiger partial charge on any atom is -0.493 e. The minimum absolute atomic E-state index is 0.132. The number of nitrogens with zero attached hydrogens (tertiary/aromatic N) is 1. The molecule has 0 unspecified atom stereocenters. The van der Waals surface area contributed by atoms with E-state index in [1.807, 2.05) is 12.1 Å². The zero-order chi connectivity index (χ0) is 22.8. The van der Waals surface area contributed by atoms with Crippen LogP contribution in [0.2, 0.25) is 0 Å². The molecule has 0 aliphatic carbocycles. The fourth-order valence-electron chi connectivity index (χ4n) is 3.15. The molecule has 1 fully saturated rings. The third kappa shape index (κ3) is 4.12. The monoisotopic (exact) mass is 467 g/mol. The summed E-state index contributed by atoms with van der Waals surface area (Å²) in [5, 5.41) is 9.05. The molecule has 2 aromatic carbocycles. The van der Waals surface area contributed by atoms with Crippen molar-refractivity contribution in [3.8, 4) is 22.8 Å². The molecule has 1 amide bonds. The molecule has 0 bridgehead atoms. The van der Waals surface area contributed by atoms with E-state index in [0.717, 1.165) is 17.3 Å². The largest absolute Gasteiger partial charge is 0.493 e. The molecule has 0 radical (unpaired) electrons. The fourth-order valence-corrected chi connectivity index (χ4v) is 4.43. The molecule has 4 rings (SSSR count). The van der Waals surface area contributed by atoms with Gasteiger partial charge < -0.3 is 19.0 Å². The first-order valence-electron chi connectivity index (χ1n) is 9.35. The van der Waals surface area contributed by atoms with Crippen molar-refractivity contribution in [1.29, 1.82) is 0 Å².